The molecule has 0 spiro atoms. The van der Waals surface area contributed by atoms with Crippen molar-refractivity contribution in [2.75, 3.05) is 30.0 Å². The summed E-state index contributed by atoms with van der Waals surface area (Å²) in [7, 11) is -3.05. The van der Waals surface area contributed by atoms with Crippen molar-refractivity contribution in [2.45, 2.75) is 26.4 Å². The average molecular weight is 642 g/mol. The molecule has 0 unspecified atom stereocenters. The average Bonchev–Trinajstić information content (AvgIpc) is 3.45. The van der Waals surface area contributed by atoms with Gasteiger partial charge in [0.25, 0.3) is 0 Å². The van der Waals surface area contributed by atoms with E-state index in [1.54, 1.807) is 30.5 Å². The van der Waals surface area contributed by atoms with Gasteiger partial charge in [-0.25, -0.2) is 27.8 Å². The number of ether oxygens (including phenoxy) is 2. The van der Waals surface area contributed by atoms with Gasteiger partial charge in [-0.05, 0) is 48.4 Å². The van der Waals surface area contributed by atoms with Crippen molar-refractivity contribution < 1.29 is 22.3 Å². The highest BCUT2D eigenvalue weighted by Crippen LogP contribution is 2.32. The van der Waals surface area contributed by atoms with Crippen molar-refractivity contribution in [3.8, 4) is 17.1 Å². The summed E-state index contributed by atoms with van der Waals surface area (Å²) in [5, 5.41) is 7.23. The maximum Gasteiger partial charge on any atom is 0.152 e. The monoisotopic (exact) mass is 641 g/mol. The van der Waals surface area contributed by atoms with Gasteiger partial charge in [0.05, 0.1) is 52.1 Å². The first-order valence-corrected chi connectivity index (χ1v) is 16.6. The van der Waals surface area contributed by atoms with Crippen LogP contribution in [0.25, 0.3) is 22.3 Å². The van der Waals surface area contributed by atoms with Crippen LogP contribution in [0, 0.1) is 5.82 Å². The molecule has 5 aromatic rings. The molecule has 0 atom stereocenters. The van der Waals surface area contributed by atoms with E-state index in [2.05, 4.69) is 25.3 Å². The minimum Gasteiger partial charge on any atom is -0.487 e. The molecule has 0 bridgehead atoms. The van der Waals surface area contributed by atoms with E-state index in [-0.39, 0.29) is 30.5 Å². The Kier molecular flexibility index (Phi) is 10.1. The summed E-state index contributed by atoms with van der Waals surface area (Å²) in [6, 6.07) is 13.4. The number of anilines is 2. The Morgan fingerprint density at radius 3 is 2.72 bits per heavy atom. The van der Waals surface area contributed by atoms with Crippen LogP contribution in [0.15, 0.2) is 66.4 Å². The van der Waals surface area contributed by atoms with Crippen LogP contribution in [0.1, 0.15) is 23.9 Å². The number of rotatable bonds is 14. The largest absolute Gasteiger partial charge is 0.487 e. The van der Waals surface area contributed by atoms with Gasteiger partial charge in [-0.3, -0.25) is 4.98 Å². The number of thiazole rings is 1. The van der Waals surface area contributed by atoms with Crippen LogP contribution in [0.2, 0.25) is 5.02 Å². The number of benzene rings is 2. The molecular formula is C30H29ClFN5O4S2. The maximum absolute atomic E-state index is 13.5. The molecule has 0 fully saturated rings. The Morgan fingerprint density at radius 1 is 1.02 bits per heavy atom. The number of fused-ring (bicyclic) bond motifs is 1. The van der Waals surface area contributed by atoms with Crippen LogP contribution in [0.3, 0.4) is 0 Å². The number of hydrogen-bond donors (Lipinski definition) is 1. The highest BCUT2D eigenvalue weighted by atomic mass is 35.5. The molecule has 2 aromatic carbocycles. The van der Waals surface area contributed by atoms with Gasteiger partial charge in [0, 0.05) is 28.6 Å². The molecule has 5 rings (SSSR count). The quantitative estimate of drug-likeness (QED) is 0.133. The molecule has 0 aliphatic rings. The molecule has 9 nitrogen and oxygen atoms in total. The van der Waals surface area contributed by atoms with Crippen molar-refractivity contribution in [1.29, 1.82) is 0 Å². The standard InChI is InChI=1S/C30H29ClFN5O4S2/c1-2-11-43(38,39)12-10-40-9-8-29-37-27(18-42-29)25-15-23-26(16-33-25)34-19-35-30(23)36-22-6-7-28(24(31)14-22)41-17-20-4-3-5-21(32)13-20/h3-7,13-16,18-19H,2,8-12,17H2,1H3,(H,34,35,36). The van der Waals surface area contributed by atoms with Crippen LogP contribution in [0.4, 0.5) is 15.9 Å². The van der Waals surface area contributed by atoms with Crippen LogP contribution in [-0.4, -0.2) is 53.1 Å². The van der Waals surface area contributed by atoms with Gasteiger partial charge in [0.2, 0.25) is 0 Å². The van der Waals surface area contributed by atoms with Gasteiger partial charge in [-0.1, -0.05) is 30.7 Å². The Morgan fingerprint density at radius 2 is 1.91 bits per heavy atom. The minimum absolute atomic E-state index is 0.0318. The third kappa shape index (κ3) is 8.44. The second-order valence-electron chi connectivity index (χ2n) is 9.64. The molecule has 13 heteroatoms. The summed E-state index contributed by atoms with van der Waals surface area (Å²) in [6.07, 6.45) is 4.31. The third-order valence-corrected chi connectivity index (χ3v) is 9.35. The molecule has 224 valence electrons. The lowest BCUT2D eigenvalue weighted by Gasteiger charge is -2.12. The maximum atomic E-state index is 13.5. The number of nitrogens with zero attached hydrogens (tertiary/aromatic N) is 4. The molecule has 43 heavy (non-hydrogen) atoms. The van der Waals surface area contributed by atoms with Crippen LogP contribution < -0.4 is 10.1 Å². The number of pyridine rings is 1. The number of hydrogen-bond acceptors (Lipinski definition) is 10. The van der Waals surface area contributed by atoms with Gasteiger partial charge in [-0.15, -0.1) is 11.3 Å². The Hall–Kier alpha value is -3.71. The fourth-order valence-corrected chi connectivity index (χ4v) is 6.43. The summed E-state index contributed by atoms with van der Waals surface area (Å²) >= 11 is 7.97. The molecule has 0 amide bonds. The van der Waals surface area contributed by atoms with E-state index in [1.807, 2.05) is 24.4 Å². The lowest BCUT2D eigenvalue weighted by Crippen LogP contribution is -2.16. The summed E-state index contributed by atoms with van der Waals surface area (Å²) in [6.45, 7) is 2.60. The number of aromatic nitrogens is 4. The minimum atomic E-state index is -3.05. The molecule has 0 aliphatic carbocycles. The van der Waals surface area contributed by atoms with Crippen LogP contribution in [0.5, 0.6) is 5.75 Å². The predicted molar refractivity (Wildman–Crippen MR) is 167 cm³/mol. The van der Waals surface area contributed by atoms with Gasteiger partial charge in [0.15, 0.2) is 9.84 Å². The first kappa shape index (κ1) is 30.7. The van der Waals surface area contributed by atoms with Crippen molar-refractivity contribution >= 4 is 55.2 Å². The molecule has 3 aromatic heterocycles. The van der Waals surface area contributed by atoms with Gasteiger partial charge in [0.1, 0.15) is 30.3 Å². The number of sulfone groups is 1. The first-order valence-electron chi connectivity index (χ1n) is 13.6. The number of nitrogens with one attached hydrogen (secondary N) is 1. The van der Waals surface area contributed by atoms with E-state index in [4.69, 9.17) is 21.1 Å². The van der Waals surface area contributed by atoms with E-state index < -0.39 is 9.84 Å². The molecule has 1 N–H and O–H groups in total. The molecule has 0 radical (unpaired) electrons. The van der Waals surface area contributed by atoms with Crippen molar-refractivity contribution in [1.82, 2.24) is 19.9 Å². The number of halogens is 2. The Bertz CT molecular complexity index is 1820. The van der Waals surface area contributed by atoms with E-state index in [9.17, 15) is 12.8 Å². The topological polar surface area (TPSA) is 116 Å². The van der Waals surface area contributed by atoms with Gasteiger partial charge < -0.3 is 14.8 Å². The Balaban J connectivity index is 1.23. The fourth-order valence-electron chi connectivity index (χ4n) is 4.22. The second-order valence-corrected chi connectivity index (χ2v) is 13.3. The summed E-state index contributed by atoms with van der Waals surface area (Å²) in [5.41, 5.74) is 3.43. The molecular weight excluding hydrogens is 613 g/mol. The molecule has 0 saturated carbocycles. The lowest BCUT2D eigenvalue weighted by molar-refractivity contribution is 0.152. The fraction of sp³-hybridized carbons (Fsp3) is 0.267. The zero-order valence-corrected chi connectivity index (χ0v) is 25.7. The molecule has 3 heterocycles. The SMILES string of the molecule is CCCS(=O)(=O)CCOCCc1nc(-c2cc3c(Nc4ccc(OCc5cccc(F)c5)c(Cl)c4)ncnc3cn2)cs1. The zero-order chi connectivity index (χ0) is 30.2. The van der Waals surface area contributed by atoms with E-state index >= 15 is 0 Å². The normalized spacial score (nSPS) is 11.6. The highest BCUT2D eigenvalue weighted by Gasteiger charge is 2.13. The lowest BCUT2D eigenvalue weighted by atomic mass is 10.2. The zero-order valence-electron chi connectivity index (χ0n) is 23.3. The summed E-state index contributed by atoms with van der Waals surface area (Å²) in [4.78, 5) is 18.0. The third-order valence-electron chi connectivity index (χ3n) is 6.33. The van der Waals surface area contributed by atoms with Crippen LogP contribution in [-0.2, 0) is 27.6 Å². The Labute approximate surface area is 258 Å². The first-order chi connectivity index (χ1) is 20.8. The second kappa shape index (κ2) is 14.2. The van der Waals surface area contributed by atoms with Crippen molar-refractivity contribution in [3.05, 3.63) is 87.8 Å². The summed E-state index contributed by atoms with van der Waals surface area (Å²) < 4.78 is 48.4. The summed E-state index contributed by atoms with van der Waals surface area (Å²) in [5.74, 6) is 0.935. The molecule has 0 saturated heterocycles. The van der Waals surface area contributed by atoms with E-state index in [0.717, 1.165) is 10.4 Å². The predicted octanol–water partition coefficient (Wildman–Crippen LogP) is 6.65. The van der Waals surface area contributed by atoms with E-state index in [0.29, 0.717) is 64.2 Å². The van der Waals surface area contributed by atoms with Crippen molar-refractivity contribution in [3.63, 3.8) is 0 Å². The van der Waals surface area contributed by atoms with Crippen molar-refractivity contribution in [2.24, 2.45) is 0 Å². The van der Waals surface area contributed by atoms with Crippen LogP contribution >= 0.6 is 22.9 Å². The van der Waals surface area contributed by atoms with Gasteiger partial charge >= 0.3 is 0 Å². The smallest absolute Gasteiger partial charge is 0.152 e. The van der Waals surface area contributed by atoms with E-state index in [1.165, 1.54) is 29.8 Å². The van der Waals surface area contributed by atoms with Gasteiger partial charge in [-0.2, -0.15) is 0 Å². The molecule has 0 aliphatic heterocycles. The highest BCUT2D eigenvalue weighted by molar-refractivity contribution is 7.91.